The number of aliphatic imine (C=N–C) groups is 1. The quantitative estimate of drug-likeness (QED) is 0.589. The number of aromatic nitrogens is 2. The van der Waals surface area contributed by atoms with Crippen LogP contribution in [-0.4, -0.2) is 34.5 Å². The molecule has 1 fully saturated rings. The summed E-state index contributed by atoms with van der Waals surface area (Å²) < 4.78 is 7.07. The van der Waals surface area contributed by atoms with Crippen LogP contribution in [0.15, 0.2) is 53.2 Å². The molecular weight excluding hydrogens is 366 g/mol. The first-order valence-electron chi connectivity index (χ1n) is 9.67. The maximum Gasteiger partial charge on any atom is 0.133 e. The minimum atomic E-state index is -1.09. The second-order valence-electron chi connectivity index (χ2n) is 7.41. The summed E-state index contributed by atoms with van der Waals surface area (Å²) in [5, 5.41) is 15.9. The number of carbonyl (C=O) groups excluding carboxylic acids is 1. The van der Waals surface area contributed by atoms with Crippen molar-refractivity contribution in [2.75, 3.05) is 7.11 Å². The number of methoxy groups -OCH3 is 1. The highest BCUT2D eigenvalue weighted by atomic mass is 16.5. The first-order chi connectivity index (χ1) is 13.9. The van der Waals surface area contributed by atoms with E-state index >= 15 is 0 Å². The Hall–Kier alpha value is -2.99. The minimum absolute atomic E-state index is 0.193. The normalized spacial score (nSPS) is 17.3. The highest BCUT2D eigenvalue weighted by Gasteiger charge is 2.37. The van der Waals surface area contributed by atoms with Gasteiger partial charge in [-0.05, 0) is 75.4 Å². The molecule has 1 aromatic carbocycles. The number of ether oxygens (including phenoxy) is 1. The number of ketones is 1. The topological polar surface area (TPSA) is 76.7 Å². The van der Waals surface area contributed by atoms with Gasteiger partial charge in [0.1, 0.15) is 17.1 Å². The number of hydrogen-bond acceptors (Lipinski definition) is 5. The molecule has 6 nitrogen and oxygen atoms in total. The van der Waals surface area contributed by atoms with E-state index in [-0.39, 0.29) is 5.78 Å². The molecule has 1 aliphatic carbocycles. The van der Waals surface area contributed by atoms with E-state index < -0.39 is 5.60 Å². The summed E-state index contributed by atoms with van der Waals surface area (Å²) in [5.41, 5.74) is 3.00. The molecule has 6 heteroatoms. The summed E-state index contributed by atoms with van der Waals surface area (Å²) >= 11 is 0. The first kappa shape index (κ1) is 20.7. The molecule has 2 aromatic rings. The lowest BCUT2D eigenvalue weighted by molar-refractivity contribution is -0.125. The summed E-state index contributed by atoms with van der Waals surface area (Å²) in [5.74, 6) is 0.952. The van der Waals surface area contributed by atoms with Gasteiger partial charge in [0.05, 0.1) is 24.2 Å². The number of aliphatic hydroxyl groups is 1. The lowest BCUT2D eigenvalue weighted by Crippen LogP contribution is -2.32. The van der Waals surface area contributed by atoms with Crippen molar-refractivity contribution < 1.29 is 14.6 Å². The number of rotatable bonds is 6. The largest absolute Gasteiger partial charge is 0.497 e. The molecule has 1 N–H and O–H groups in total. The summed E-state index contributed by atoms with van der Waals surface area (Å²) in [6.07, 6.45) is 5.40. The Kier molecular flexibility index (Phi) is 6.13. The summed E-state index contributed by atoms with van der Waals surface area (Å²) in [6.45, 7) is 7.40. The molecule has 1 aromatic heterocycles. The number of benzene rings is 1. The van der Waals surface area contributed by atoms with Gasteiger partial charge < -0.3 is 9.84 Å². The van der Waals surface area contributed by atoms with Gasteiger partial charge in [0, 0.05) is 18.5 Å². The average molecular weight is 393 g/mol. The van der Waals surface area contributed by atoms with Crippen LogP contribution in [-0.2, 0) is 10.4 Å². The van der Waals surface area contributed by atoms with Crippen LogP contribution in [0.4, 0.5) is 0 Å². The molecule has 29 heavy (non-hydrogen) atoms. The molecule has 0 aliphatic heterocycles. The predicted molar refractivity (Wildman–Crippen MR) is 114 cm³/mol. The van der Waals surface area contributed by atoms with Gasteiger partial charge in [0.25, 0.3) is 0 Å². The van der Waals surface area contributed by atoms with Crippen LogP contribution in [0, 0.1) is 0 Å². The zero-order chi connectivity index (χ0) is 21.0. The third kappa shape index (κ3) is 4.54. The van der Waals surface area contributed by atoms with Crippen molar-refractivity contribution in [3.05, 3.63) is 59.6 Å². The van der Waals surface area contributed by atoms with Crippen molar-refractivity contribution in [3.8, 4) is 11.4 Å². The van der Waals surface area contributed by atoms with Crippen LogP contribution in [0.25, 0.3) is 11.3 Å². The lowest BCUT2D eigenvalue weighted by Gasteiger charge is -2.29. The van der Waals surface area contributed by atoms with E-state index in [1.165, 1.54) is 0 Å². The molecule has 0 atom stereocenters. The highest BCUT2D eigenvalue weighted by Crippen LogP contribution is 2.36. The monoisotopic (exact) mass is 393 g/mol. The van der Waals surface area contributed by atoms with E-state index in [4.69, 9.17) is 9.84 Å². The Morgan fingerprint density at radius 1 is 1.24 bits per heavy atom. The maximum absolute atomic E-state index is 11.6. The van der Waals surface area contributed by atoms with Gasteiger partial charge in [-0.15, -0.1) is 0 Å². The van der Waals surface area contributed by atoms with Crippen molar-refractivity contribution in [3.63, 3.8) is 0 Å². The minimum Gasteiger partial charge on any atom is -0.497 e. The van der Waals surface area contributed by atoms with Crippen LogP contribution in [0.5, 0.6) is 5.75 Å². The second kappa shape index (κ2) is 8.57. The molecule has 3 rings (SSSR count). The van der Waals surface area contributed by atoms with E-state index in [9.17, 15) is 9.90 Å². The third-order valence-corrected chi connectivity index (χ3v) is 5.37. The Balaban J connectivity index is 2.07. The second-order valence-corrected chi connectivity index (χ2v) is 7.41. The number of carbonyl (C=O) groups is 1. The molecule has 0 bridgehead atoms. The van der Waals surface area contributed by atoms with Crippen molar-refractivity contribution >= 4 is 18.1 Å². The van der Waals surface area contributed by atoms with Crippen LogP contribution < -0.4 is 4.74 Å². The zero-order valence-corrected chi connectivity index (χ0v) is 17.2. The Morgan fingerprint density at radius 2 is 1.90 bits per heavy atom. The van der Waals surface area contributed by atoms with Gasteiger partial charge in [-0.1, -0.05) is 6.08 Å². The van der Waals surface area contributed by atoms with Gasteiger partial charge in [-0.3, -0.25) is 9.79 Å². The molecule has 152 valence electrons. The molecule has 1 saturated carbocycles. The van der Waals surface area contributed by atoms with E-state index in [0.29, 0.717) is 31.4 Å². The van der Waals surface area contributed by atoms with Crippen LogP contribution in [0.3, 0.4) is 0 Å². The predicted octanol–water partition coefficient (Wildman–Crippen LogP) is 4.22. The van der Waals surface area contributed by atoms with E-state index in [0.717, 1.165) is 28.4 Å². The summed E-state index contributed by atoms with van der Waals surface area (Å²) in [7, 11) is 1.63. The van der Waals surface area contributed by atoms with Gasteiger partial charge in [0.15, 0.2) is 0 Å². The summed E-state index contributed by atoms with van der Waals surface area (Å²) in [4.78, 5) is 15.6. The van der Waals surface area contributed by atoms with Crippen molar-refractivity contribution in [1.82, 2.24) is 9.78 Å². The van der Waals surface area contributed by atoms with Gasteiger partial charge in [-0.2, -0.15) is 5.10 Å². The van der Waals surface area contributed by atoms with E-state index in [1.54, 1.807) is 7.11 Å². The smallest absolute Gasteiger partial charge is 0.133 e. The fourth-order valence-corrected chi connectivity index (χ4v) is 3.39. The first-order valence-corrected chi connectivity index (χ1v) is 9.67. The third-order valence-electron chi connectivity index (χ3n) is 5.37. The molecule has 1 heterocycles. The van der Waals surface area contributed by atoms with Crippen molar-refractivity contribution in [1.29, 1.82) is 0 Å². The van der Waals surface area contributed by atoms with E-state index in [2.05, 4.69) is 11.7 Å². The molecule has 0 unspecified atom stereocenters. The van der Waals surface area contributed by atoms with Crippen molar-refractivity contribution in [2.24, 2.45) is 4.99 Å². The molecule has 0 spiro atoms. The molecule has 0 saturated heterocycles. The number of Topliss-reactive ketones (excluding diaryl/α,β-unsaturated/α-hetero) is 1. The lowest BCUT2D eigenvalue weighted by atomic mass is 9.82. The van der Waals surface area contributed by atoms with Crippen LogP contribution in [0.1, 0.15) is 50.9 Å². The van der Waals surface area contributed by atoms with Gasteiger partial charge in [0.2, 0.25) is 0 Å². The summed E-state index contributed by atoms with van der Waals surface area (Å²) in [6, 6.07) is 9.51. The highest BCUT2D eigenvalue weighted by molar-refractivity contribution is 5.79. The number of allylic oxidation sites excluding steroid dienone is 4. The number of hydrogen-bond donors (Lipinski definition) is 1. The SMILES string of the molecule is C=N/C(C)=C\C=C(/C)c1cc(C2(O)CCC(=O)CC2)nn1-c1ccc(OC)cc1. The van der Waals surface area contributed by atoms with Gasteiger partial charge in [-0.25, -0.2) is 4.68 Å². The number of nitrogens with zero attached hydrogens (tertiary/aromatic N) is 3. The van der Waals surface area contributed by atoms with Gasteiger partial charge >= 0.3 is 0 Å². The molecule has 0 radical (unpaired) electrons. The van der Waals surface area contributed by atoms with Crippen LogP contribution in [0.2, 0.25) is 0 Å². The Bertz CT molecular complexity index is 958. The van der Waals surface area contributed by atoms with Crippen molar-refractivity contribution in [2.45, 2.75) is 45.1 Å². The standard InChI is InChI=1S/C23H27N3O3/c1-16(5-6-17(2)24-3)21-15-22(23(28)13-11-19(27)12-14-23)25-26(21)18-7-9-20(29-4)10-8-18/h5-10,15,28H,3,11-14H2,1-2,4H3/b16-5+,17-6-. The van der Waals surface area contributed by atoms with E-state index in [1.807, 2.05) is 61.0 Å². The molecular formula is C23H27N3O3. The Morgan fingerprint density at radius 3 is 2.48 bits per heavy atom. The molecule has 1 aliphatic rings. The fraction of sp³-hybridized carbons (Fsp3) is 0.348. The molecule has 0 amide bonds. The maximum atomic E-state index is 11.6. The van der Waals surface area contributed by atoms with Crippen LogP contribution >= 0.6 is 0 Å². The fourth-order valence-electron chi connectivity index (χ4n) is 3.39. The Labute approximate surface area is 171 Å². The average Bonchev–Trinajstić information content (AvgIpc) is 3.20. The zero-order valence-electron chi connectivity index (χ0n) is 17.2.